The third-order valence-corrected chi connectivity index (χ3v) is 2.01. The Labute approximate surface area is 97.2 Å². The summed E-state index contributed by atoms with van der Waals surface area (Å²) in [5, 5.41) is 0. The Kier molecular flexibility index (Phi) is 6.04. The summed E-state index contributed by atoms with van der Waals surface area (Å²) < 4.78 is 10.9. The van der Waals surface area contributed by atoms with Gasteiger partial charge in [0.25, 0.3) is 0 Å². The van der Waals surface area contributed by atoms with Crippen molar-refractivity contribution in [2.45, 2.75) is 12.5 Å². The van der Waals surface area contributed by atoms with Crippen LogP contribution in [0.2, 0.25) is 0 Å². The SMILES string of the molecule is C=C[CH]OCCC(C=C)Oc1ccccc1. The maximum atomic E-state index is 5.71. The molecule has 1 unspecified atom stereocenters. The topological polar surface area (TPSA) is 18.5 Å². The van der Waals surface area contributed by atoms with Crippen LogP contribution >= 0.6 is 0 Å². The Balaban J connectivity index is 2.32. The summed E-state index contributed by atoms with van der Waals surface area (Å²) in [6, 6.07) is 9.69. The molecule has 0 spiro atoms. The quantitative estimate of drug-likeness (QED) is 0.491. The summed E-state index contributed by atoms with van der Waals surface area (Å²) in [7, 11) is 0. The molecule has 2 heteroatoms. The molecule has 2 nitrogen and oxygen atoms in total. The number of benzene rings is 1. The Morgan fingerprint density at radius 1 is 1.19 bits per heavy atom. The fourth-order valence-corrected chi connectivity index (χ4v) is 1.22. The van der Waals surface area contributed by atoms with Gasteiger partial charge in [-0.3, -0.25) is 0 Å². The lowest BCUT2D eigenvalue weighted by Gasteiger charge is -2.15. The van der Waals surface area contributed by atoms with Gasteiger partial charge in [-0.25, -0.2) is 0 Å². The Hall–Kier alpha value is -1.54. The monoisotopic (exact) mass is 217 g/mol. The Morgan fingerprint density at radius 3 is 2.56 bits per heavy atom. The molecule has 0 fully saturated rings. The highest BCUT2D eigenvalue weighted by molar-refractivity contribution is 5.21. The largest absolute Gasteiger partial charge is 0.486 e. The van der Waals surface area contributed by atoms with Crippen molar-refractivity contribution in [3.63, 3.8) is 0 Å². The van der Waals surface area contributed by atoms with Crippen molar-refractivity contribution in [2.24, 2.45) is 0 Å². The molecule has 0 heterocycles. The van der Waals surface area contributed by atoms with E-state index in [1.54, 1.807) is 18.8 Å². The molecule has 0 aliphatic heterocycles. The summed E-state index contributed by atoms with van der Waals surface area (Å²) >= 11 is 0. The fraction of sp³-hybridized carbons (Fsp3) is 0.214. The number of rotatable bonds is 8. The highest BCUT2D eigenvalue weighted by Crippen LogP contribution is 2.13. The van der Waals surface area contributed by atoms with Crippen LogP contribution in [0.25, 0.3) is 0 Å². The van der Waals surface area contributed by atoms with Crippen molar-refractivity contribution in [3.05, 3.63) is 62.2 Å². The van der Waals surface area contributed by atoms with Gasteiger partial charge in [0.05, 0.1) is 6.61 Å². The second kappa shape index (κ2) is 7.71. The number of para-hydroxylation sites is 1. The lowest BCUT2D eigenvalue weighted by Crippen LogP contribution is -2.15. The first kappa shape index (κ1) is 12.5. The first-order chi connectivity index (χ1) is 7.86. The van der Waals surface area contributed by atoms with Gasteiger partial charge < -0.3 is 9.47 Å². The molecule has 1 rings (SSSR count). The van der Waals surface area contributed by atoms with Crippen LogP contribution in [-0.2, 0) is 4.74 Å². The molecule has 16 heavy (non-hydrogen) atoms. The lowest BCUT2D eigenvalue weighted by atomic mass is 10.2. The van der Waals surface area contributed by atoms with Crippen molar-refractivity contribution in [3.8, 4) is 5.75 Å². The van der Waals surface area contributed by atoms with Crippen LogP contribution in [0.1, 0.15) is 6.42 Å². The maximum Gasteiger partial charge on any atom is 0.120 e. The first-order valence-electron chi connectivity index (χ1n) is 5.27. The van der Waals surface area contributed by atoms with E-state index < -0.39 is 0 Å². The Morgan fingerprint density at radius 2 is 1.94 bits per heavy atom. The van der Waals surface area contributed by atoms with Crippen molar-refractivity contribution < 1.29 is 9.47 Å². The van der Waals surface area contributed by atoms with E-state index in [4.69, 9.17) is 9.47 Å². The summed E-state index contributed by atoms with van der Waals surface area (Å²) in [6.45, 7) is 9.44. The minimum Gasteiger partial charge on any atom is -0.486 e. The summed E-state index contributed by atoms with van der Waals surface area (Å²) in [5.41, 5.74) is 0. The average molecular weight is 217 g/mol. The van der Waals surface area contributed by atoms with Crippen molar-refractivity contribution >= 4 is 0 Å². The molecule has 0 amide bonds. The van der Waals surface area contributed by atoms with Gasteiger partial charge in [-0.05, 0) is 12.1 Å². The van der Waals surface area contributed by atoms with E-state index in [9.17, 15) is 0 Å². The van der Waals surface area contributed by atoms with E-state index in [2.05, 4.69) is 13.2 Å². The van der Waals surface area contributed by atoms with Crippen LogP contribution in [0.4, 0.5) is 0 Å². The molecule has 0 bridgehead atoms. The van der Waals surface area contributed by atoms with E-state index in [0.29, 0.717) is 6.61 Å². The van der Waals surface area contributed by atoms with E-state index >= 15 is 0 Å². The van der Waals surface area contributed by atoms with Crippen LogP contribution < -0.4 is 4.74 Å². The third kappa shape index (κ3) is 4.80. The number of hydrogen-bond acceptors (Lipinski definition) is 2. The normalized spacial score (nSPS) is 11.8. The van der Waals surface area contributed by atoms with Gasteiger partial charge >= 0.3 is 0 Å². The van der Waals surface area contributed by atoms with Gasteiger partial charge in [0, 0.05) is 6.42 Å². The molecule has 0 aliphatic rings. The first-order valence-corrected chi connectivity index (χ1v) is 5.27. The summed E-state index contributed by atoms with van der Waals surface area (Å²) in [4.78, 5) is 0. The van der Waals surface area contributed by atoms with E-state index in [1.165, 1.54) is 0 Å². The molecular formula is C14H17O2. The lowest BCUT2D eigenvalue weighted by molar-refractivity contribution is 0.157. The molecule has 1 radical (unpaired) electrons. The molecule has 0 saturated carbocycles. The smallest absolute Gasteiger partial charge is 0.120 e. The van der Waals surface area contributed by atoms with Gasteiger partial charge in [0.1, 0.15) is 18.5 Å². The highest BCUT2D eigenvalue weighted by Gasteiger charge is 2.05. The number of ether oxygens (including phenoxy) is 2. The fourth-order valence-electron chi connectivity index (χ4n) is 1.22. The van der Waals surface area contributed by atoms with Crippen molar-refractivity contribution in [1.29, 1.82) is 0 Å². The van der Waals surface area contributed by atoms with Crippen LogP contribution in [0.15, 0.2) is 55.6 Å². The summed E-state index contributed by atoms with van der Waals surface area (Å²) in [5.74, 6) is 0.847. The molecule has 1 atom stereocenters. The summed E-state index contributed by atoms with van der Waals surface area (Å²) in [6.07, 6.45) is 4.13. The molecule has 1 aromatic carbocycles. The standard InChI is InChI=1S/C14H17O2/c1-3-11-15-12-10-13(4-2)16-14-8-6-5-7-9-14/h3-9,11,13H,1-2,10,12H2. The predicted molar refractivity (Wildman–Crippen MR) is 66.1 cm³/mol. The van der Waals surface area contributed by atoms with Crippen LogP contribution in [0.5, 0.6) is 5.75 Å². The molecule has 0 N–H and O–H groups in total. The van der Waals surface area contributed by atoms with Gasteiger partial charge in [0.2, 0.25) is 0 Å². The molecule has 0 aromatic heterocycles. The number of hydrogen-bond donors (Lipinski definition) is 0. The van der Waals surface area contributed by atoms with E-state index in [1.807, 2.05) is 30.3 Å². The van der Waals surface area contributed by atoms with Gasteiger partial charge in [-0.2, -0.15) is 0 Å². The predicted octanol–water partition coefficient (Wildman–Crippen LogP) is 3.37. The highest BCUT2D eigenvalue weighted by atomic mass is 16.5. The van der Waals surface area contributed by atoms with E-state index in [0.717, 1.165) is 12.2 Å². The third-order valence-electron chi connectivity index (χ3n) is 2.01. The van der Waals surface area contributed by atoms with Gasteiger partial charge in [0.15, 0.2) is 0 Å². The van der Waals surface area contributed by atoms with Gasteiger partial charge in [-0.15, -0.1) is 6.58 Å². The van der Waals surface area contributed by atoms with Crippen molar-refractivity contribution in [2.75, 3.05) is 6.61 Å². The maximum absolute atomic E-state index is 5.71. The second-order valence-corrected chi connectivity index (χ2v) is 3.24. The molecular weight excluding hydrogens is 200 g/mol. The van der Waals surface area contributed by atoms with Crippen molar-refractivity contribution in [1.82, 2.24) is 0 Å². The zero-order valence-corrected chi connectivity index (χ0v) is 9.34. The van der Waals surface area contributed by atoms with Crippen LogP contribution in [0.3, 0.4) is 0 Å². The molecule has 0 aliphatic carbocycles. The molecule has 1 aromatic rings. The van der Waals surface area contributed by atoms with Crippen LogP contribution in [0, 0.1) is 6.61 Å². The minimum absolute atomic E-state index is 0.0272. The zero-order chi connectivity index (χ0) is 11.6. The van der Waals surface area contributed by atoms with Gasteiger partial charge in [-0.1, -0.05) is 36.9 Å². The molecule has 85 valence electrons. The van der Waals surface area contributed by atoms with Crippen LogP contribution in [-0.4, -0.2) is 12.7 Å². The Bertz CT molecular complexity index is 306. The van der Waals surface area contributed by atoms with E-state index in [-0.39, 0.29) is 6.10 Å². The average Bonchev–Trinajstić information content (AvgIpc) is 2.34. The molecule has 0 saturated heterocycles. The minimum atomic E-state index is -0.0272. The zero-order valence-electron chi connectivity index (χ0n) is 9.34. The second-order valence-electron chi connectivity index (χ2n) is 3.24.